The van der Waals surface area contributed by atoms with Gasteiger partial charge < -0.3 is 4.74 Å². The molecule has 3 aliphatic carbocycles. The van der Waals surface area contributed by atoms with Gasteiger partial charge in [0.15, 0.2) is 23.2 Å². The molecule has 1 nitrogen and oxygen atoms in total. The zero-order valence-corrected chi connectivity index (χ0v) is 25.7. The van der Waals surface area contributed by atoms with E-state index >= 15 is 0 Å². The lowest BCUT2D eigenvalue weighted by Crippen LogP contribution is -2.26. The molecule has 0 saturated heterocycles. The summed E-state index contributed by atoms with van der Waals surface area (Å²) in [6.07, 6.45) is 17.9. The highest BCUT2D eigenvalue weighted by Gasteiger charge is 2.33. The topological polar surface area (TPSA) is 9.23 Å². The molecular formula is C37H50F4O. The molecule has 0 aromatic heterocycles. The quantitative estimate of drug-likeness (QED) is 0.199. The minimum atomic E-state index is -0.826. The van der Waals surface area contributed by atoms with Crippen molar-refractivity contribution in [3.8, 4) is 5.75 Å². The van der Waals surface area contributed by atoms with Crippen molar-refractivity contribution >= 4 is 0 Å². The van der Waals surface area contributed by atoms with Crippen LogP contribution in [0.2, 0.25) is 0 Å². The van der Waals surface area contributed by atoms with Crippen LogP contribution in [-0.4, -0.2) is 6.61 Å². The molecule has 3 saturated carbocycles. The number of hydrogen-bond donors (Lipinski definition) is 0. The van der Waals surface area contributed by atoms with Crippen LogP contribution in [0.15, 0.2) is 24.3 Å². The van der Waals surface area contributed by atoms with E-state index in [4.69, 9.17) is 4.74 Å². The van der Waals surface area contributed by atoms with Crippen LogP contribution < -0.4 is 4.74 Å². The molecule has 0 atom stereocenters. The fourth-order valence-electron chi connectivity index (χ4n) is 8.36. The van der Waals surface area contributed by atoms with E-state index in [-0.39, 0.29) is 17.6 Å². The van der Waals surface area contributed by atoms with Crippen molar-refractivity contribution in [2.75, 3.05) is 6.61 Å². The smallest absolute Gasteiger partial charge is 0.200 e. The van der Waals surface area contributed by atoms with Gasteiger partial charge in [0.2, 0.25) is 5.82 Å². The van der Waals surface area contributed by atoms with Crippen LogP contribution >= 0.6 is 0 Å². The molecule has 0 N–H and O–H groups in total. The van der Waals surface area contributed by atoms with Crippen molar-refractivity contribution in [3.05, 3.63) is 64.2 Å². The monoisotopic (exact) mass is 586 g/mol. The largest absolute Gasteiger partial charge is 0.490 e. The second-order valence-electron chi connectivity index (χ2n) is 13.8. The highest BCUT2D eigenvalue weighted by Crippen LogP contribution is 2.46. The van der Waals surface area contributed by atoms with Crippen molar-refractivity contribution < 1.29 is 22.3 Å². The lowest BCUT2D eigenvalue weighted by Gasteiger charge is -2.38. The highest BCUT2D eigenvalue weighted by molar-refractivity contribution is 5.33. The molecule has 5 rings (SSSR count). The summed E-state index contributed by atoms with van der Waals surface area (Å²) in [5, 5.41) is 0. The van der Waals surface area contributed by atoms with Crippen LogP contribution in [0.1, 0.15) is 138 Å². The lowest BCUT2D eigenvalue weighted by molar-refractivity contribution is 0.150. The molecule has 3 aliphatic rings. The van der Waals surface area contributed by atoms with Crippen LogP contribution in [0.5, 0.6) is 5.75 Å². The van der Waals surface area contributed by atoms with Crippen LogP contribution in [0.4, 0.5) is 17.6 Å². The van der Waals surface area contributed by atoms with Gasteiger partial charge in [-0.25, -0.2) is 13.2 Å². The summed E-state index contributed by atoms with van der Waals surface area (Å²) in [5.74, 6) is 0.473. The van der Waals surface area contributed by atoms with E-state index < -0.39 is 23.3 Å². The van der Waals surface area contributed by atoms with Gasteiger partial charge in [-0.15, -0.1) is 0 Å². The van der Waals surface area contributed by atoms with Crippen molar-refractivity contribution in [2.24, 2.45) is 23.7 Å². The molecule has 0 amide bonds. The Kier molecular flexibility index (Phi) is 10.9. The maximum Gasteiger partial charge on any atom is 0.200 e. The van der Waals surface area contributed by atoms with Gasteiger partial charge in [-0.05, 0) is 136 Å². The van der Waals surface area contributed by atoms with E-state index in [1.807, 2.05) is 6.92 Å². The predicted octanol–water partition coefficient (Wildman–Crippen LogP) is 11.6. The molecule has 2 aromatic rings. The Hall–Kier alpha value is -2.04. The fourth-order valence-corrected chi connectivity index (χ4v) is 8.36. The molecule has 0 unspecified atom stereocenters. The number of ether oxygens (including phenoxy) is 1. The molecule has 0 heterocycles. The van der Waals surface area contributed by atoms with Crippen LogP contribution in [-0.2, 0) is 0 Å². The number of benzene rings is 2. The molecular weight excluding hydrogens is 536 g/mol. The first-order valence-corrected chi connectivity index (χ1v) is 16.9. The first-order chi connectivity index (χ1) is 20.4. The zero-order chi connectivity index (χ0) is 29.6. The molecule has 2 aromatic carbocycles. The van der Waals surface area contributed by atoms with Gasteiger partial charge in [-0.3, -0.25) is 0 Å². The molecule has 0 radical (unpaired) electrons. The van der Waals surface area contributed by atoms with Gasteiger partial charge in [0.05, 0.1) is 6.61 Å². The second-order valence-corrected chi connectivity index (χ2v) is 13.8. The highest BCUT2D eigenvalue weighted by atomic mass is 19.2. The fraction of sp³-hybridized carbons (Fsp3) is 0.676. The van der Waals surface area contributed by atoms with E-state index in [0.29, 0.717) is 29.2 Å². The Morgan fingerprint density at radius 1 is 0.595 bits per heavy atom. The van der Waals surface area contributed by atoms with Crippen molar-refractivity contribution in [1.82, 2.24) is 0 Å². The molecule has 0 bridgehead atoms. The van der Waals surface area contributed by atoms with Crippen LogP contribution in [0, 0.1) is 53.9 Å². The normalized spacial score (nSPS) is 28.5. The van der Waals surface area contributed by atoms with Crippen LogP contribution in [0.25, 0.3) is 0 Å². The number of halogens is 4. The van der Waals surface area contributed by atoms with Gasteiger partial charge in [0.25, 0.3) is 0 Å². The Morgan fingerprint density at radius 2 is 1.07 bits per heavy atom. The van der Waals surface area contributed by atoms with Gasteiger partial charge in [0, 0.05) is 0 Å². The van der Waals surface area contributed by atoms with E-state index in [2.05, 4.69) is 0 Å². The Labute approximate surface area is 250 Å². The third-order valence-corrected chi connectivity index (χ3v) is 11.2. The molecule has 3 fully saturated rings. The maximum absolute atomic E-state index is 14.9. The Balaban J connectivity index is 1.01. The van der Waals surface area contributed by atoms with Crippen LogP contribution in [0.3, 0.4) is 0 Å². The SMILES string of the molecule is CCCCOc1ccc(C2CCC(C3CCC(CCC4CCC(c5ccc(C)c(F)c5F)CC4)CC3)CC2)c(F)c1F. The van der Waals surface area contributed by atoms with E-state index in [1.54, 1.807) is 31.2 Å². The summed E-state index contributed by atoms with van der Waals surface area (Å²) in [4.78, 5) is 0. The molecule has 232 valence electrons. The molecule has 0 spiro atoms. The minimum absolute atomic E-state index is 0.0390. The van der Waals surface area contributed by atoms with E-state index in [1.165, 1.54) is 38.5 Å². The summed E-state index contributed by atoms with van der Waals surface area (Å²) in [6.45, 7) is 4.08. The second kappa shape index (κ2) is 14.6. The molecule has 5 heteroatoms. The maximum atomic E-state index is 14.9. The minimum Gasteiger partial charge on any atom is -0.490 e. The first kappa shape index (κ1) is 31.4. The molecule has 42 heavy (non-hydrogen) atoms. The van der Waals surface area contributed by atoms with Gasteiger partial charge in [-0.1, -0.05) is 57.2 Å². The number of hydrogen-bond acceptors (Lipinski definition) is 1. The van der Waals surface area contributed by atoms with Gasteiger partial charge in [-0.2, -0.15) is 4.39 Å². The standard InChI is InChI=1S/C37H50F4O/c1-3-4-23-42-33-22-21-32(36(40)37(33)41)30-18-16-28(17-19-30)27-12-8-25(9-13-27)6-7-26-10-14-29(15-11-26)31-20-5-24(2)34(38)35(31)39/h5,20-22,25-30H,3-4,6-19,23H2,1-2H3. The Morgan fingerprint density at radius 3 is 1.64 bits per heavy atom. The third-order valence-electron chi connectivity index (χ3n) is 11.2. The average Bonchev–Trinajstić information content (AvgIpc) is 3.02. The predicted molar refractivity (Wildman–Crippen MR) is 162 cm³/mol. The summed E-state index contributed by atoms with van der Waals surface area (Å²) in [5.41, 5.74) is 1.49. The summed E-state index contributed by atoms with van der Waals surface area (Å²) in [7, 11) is 0. The van der Waals surface area contributed by atoms with Crippen molar-refractivity contribution in [2.45, 2.75) is 128 Å². The summed E-state index contributed by atoms with van der Waals surface area (Å²) < 4.78 is 63.5. The average molecular weight is 587 g/mol. The first-order valence-electron chi connectivity index (χ1n) is 16.9. The number of unbranched alkanes of at least 4 members (excludes halogenated alkanes) is 1. The summed E-state index contributed by atoms with van der Waals surface area (Å²) in [6, 6.07) is 6.88. The number of aryl methyl sites for hydroxylation is 1. The van der Waals surface area contributed by atoms with Crippen molar-refractivity contribution in [3.63, 3.8) is 0 Å². The van der Waals surface area contributed by atoms with Gasteiger partial charge >= 0.3 is 0 Å². The van der Waals surface area contributed by atoms with Crippen molar-refractivity contribution in [1.29, 1.82) is 0 Å². The molecule has 0 aliphatic heterocycles. The third kappa shape index (κ3) is 7.36. The summed E-state index contributed by atoms with van der Waals surface area (Å²) >= 11 is 0. The Bertz CT molecular complexity index is 1150. The zero-order valence-electron chi connectivity index (χ0n) is 25.7. The van der Waals surface area contributed by atoms with E-state index in [0.717, 1.165) is 82.0 Å². The lowest BCUT2D eigenvalue weighted by atomic mass is 9.67. The van der Waals surface area contributed by atoms with E-state index in [9.17, 15) is 17.6 Å². The number of rotatable bonds is 10. The van der Waals surface area contributed by atoms with Gasteiger partial charge in [0.1, 0.15) is 0 Å².